The Balaban J connectivity index is 2.04. The minimum absolute atomic E-state index is 0.192. The summed E-state index contributed by atoms with van der Waals surface area (Å²) in [6.45, 7) is 3.91. The van der Waals surface area contributed by atoms with E-state index in [1.165, 1.54) is 23.1 Å². The highest BCUT2D eigenvalue weighted by molar-refractivity contribution is 8.23. The van der Waals surface area contributed by atoms with Gasteiger partial charge in [0.25, 0.3) is 11.8 Å². The van der Waals surface area contributed by atoms with Crippen LogP contribution in [0.15, 0.2) is 6.07 Å². The second kappa shape index (κ2) is 8.70. The predicted molar refractivity (Wildman–Crippen MR) is 106 cm³/mol. The van der Waals surface area contributed by atoms with E-state index in [1.54, 1.807) is 13.0 Å². The maximum atomic E-state index is 12.2. The number of aryl methyl sites for hydroxylation is 1. The highest BCUT2D eigenvalue weighted by atomic mass is 32.2. The lowest BCUT2D eigenvalue weighted by Crippen LogP contribution is -2.48. The van der Waals surface area contributed by atoms with Crippen molar-refractivity contribution in [2.24, 2.45) is 0 Å². The van der Waals surface area contributed by atoms with E-state index in [4.69, 9.17) is 29.2 Å². The van der Waals surface area contributed by atoms with Gasteiger partial charge in [0.05, 0.1) is 22.9 Å². The summed E-state index contributed by atoms with van der Waals surface area (Å²) < 4.78 is 5.32. The van der Waals surface area contributed by atoms with Gasteiger partial charge in [-0.1, -0.05) is 43.1 Å². The number of esters is 1. The van der Waals surface area contributed by atoms with Crippen LogP contribution in [0.1, 0.15) is 29.1 Å². The molecule has 0 aliphatic carbocycles. The van der Waals surface area contributed by atoms with Crippen LogP contribution in [0.4, 0.5) is 5.00 Å². The number of hydrogen-bond acceptors (Lipinski definition) is 8. The molecule has 1 aromatic rings. The van der Waals surface area contributed by atoms with Crippen LogP contribution in [0.2, 0.25) is 0 Å². The van der Waals surface area contributed by atoms with Crippen LogP contribution in [0.25, 0.3) is 0 Å². The van der Waals surface area contributed by atoms with E-state index in [9.17, 15) is 14.4 Å². The van der Waals surface area contributed by atoms with Gasteiger partial charge < -0.3 is 10.1 Å². The maximum Gasteiger partial charge on any atom is 0.339 e. The molecule has 1 fully saturated rings. The number of ether oxygens (including phenoxy) is 1. The zero-order valence-corrected chi connectivity index (χ0v) is 16.7. The number of amides is 2. The fraction of sp³-hybridized carbons (Fsp3) is 0.357. The van der Waals surface area contributed by atoms with Crippen molar-refractivity contribution in [3.05, 3.63) is 16.5 Å². The van der Waals surface area contributed by atoms with Gasteiger partial charge in [0.15, 0.2) is 9.31 Å². The molecule has 1 saturated heterocycles. The Kier molecular flexibility index (Phi) is 6.87. The van der Waals surface area contributed by atoms with Crippen LogP contribution in [0, 0.1) is 0 Å². The largest absolute Gasteiger partial charge is 0.462 e. The summed E-state index contributed by atoms with van der Waals surface area (Å²) >= 11 is 12.5. The van der Waals surface area contributed by atoms with Crippen molar-refractivity contribution >= 4 is 79.6 Å². The lowest BCUT2D eigenvalue weighted by Gasteiger charge is -2.17. The molecule has 0 spiro atoms. The molecule has 25 heavy (non-hydrogen) atoms. The molecule has 0 radical (unpaired) electrons. The monoisotopic (exact) mass is 417 g/mol. The van der Waals surface area contributed by atoms with Gasteiger partial charge in [0.2, 0.25) is 0 Å². The summed E-state index contributed by atoms with van der Waals surface area (Å²) in [4.78, 5) is 36.4. The molecule has 1 aliphatic rings. The molecular formula is C14H15N3O4S4. The van der Waals surface area contributed by atoms with E-state index in [0.717, 1.165) is 9.89 Å². The van der Waals surface area contributed by atoms with Gasteiger partial charge in [-0.2, -0.15) is 0 Å². The smallest absolute Gasteiger partial charge is 0.339 e. The molecule has 2 rings (SSSR count). The van der Waals surface area contributed by atoms with Gasteiger partial charge in [-0.25, -0.2) is 9.80 Å². The molecule has 2 amide bonds. The highest BCUT2D eigenvalue weighted by Crippen LogP contribution is 2.28. The first-order valence-corrected chi connectivity index (χ1v) is 9.90. The van der Waals surface area contributed by atoms with Gasteiger partial charge in [-0.3, -0.25) is 15.0 Å². The third-order valence-electron chi connectivity index (χ3n) is 3.03. The number of carbonyl (C=O) groups is 3. The molecule has 1 aromatic heterocycles. The third-order valence-corrected chi connectivity index (χ3v) is 5.86. The molecule has 0 unspecified atom stereocenters. The first-order valence-electron chi connectivity index (χ1n) is 7.28. The minimum Gasteiger partial charge on any atom is -0.462 e. The number of anilines is 1. The van der Waals surface area contributed by atoms with Crippen molar-refractivity contribution in [1.29, 1.82) is 0 Å². The zero-order chi connectivity index (χ0) is 18.6. The Hall–Kier alpha value is -1.56. The standard InChI is InChI=1S/C14H15N3O4S4/c1-3-8-7(13(20)21-4-2)5-9(25-8)15-11(19)12(22)16-17-10(18)6-24-14(17)23/h5H,3-4,6H2,1-2H3,(H,15,19)(H,16,22). The van der Waals surface area contributed by atoms with Crippen LogP contribution in [-0.4, -0.2) is 44.5 Å². The number of nitrogens with zero attached hydrogens (tertiary/aromatic N) is 1. The van der Waals surface area contributed by atoms with Crippen LogP contribution in [-0.2, 0) is 20.7 Å². The number of thioether (sulfide) groups is 1. The quantitative estimate of drug-likeness (QED) is 0.556. The minimum atomic E-state index is -0.596. The normalized spacial score (nSPS) is 13.8. The topological polar surface area (TPSA) is 87.7 Å². The van der Waals surface area contributed by atoms with Crippen LogP contribution in [0.3, 0.4) is 0 Å². The molecule has 0 atom stereocenters. The number of thiocarbonyl (C=S) groups is 2. The number of thiophene rings is 1. The lowest BCUT2D eigenvalue weighted by atomic mass is 10.2. The summed E-state index contributed by atoms with van der Waals surface area (Å²) in [6.07, 6.45) is 0.630. The maximum absolute atomic E-state index is 12.2. The van der Waals surface area contributed by atoms with Crippen molar-refractivity contribution in [3.8, 4) is 0 Å². The van der Waals surface area contributed by atoms with Gasteiger partial charge >= 0.3 is 5.97 Å². The molecule has 2 heterocycles. The number of carbonyl (C=O) groups excluding carboxylic acids is 3. The molecule has 2 N–H and O–H groups in total. The van der Waals surface area contributed by atoms with Crippen LogP contribution < -0.4 is 10.7 Å². The average molecular weight is 418 g/mol. The van der Waals surface area contributed by atoms with Crippen molar-refractivity contribution in [3.63, 3.8) is 0 Å². The Morgan fingerprint density at radius 1 is 1.40 bits per heavy atom. The molecule has 134 valence electrons. The van der Waals surface area contributed by atoms with E-state index >= 15 is 0 Å². The Morgan fingerprint density at radius 3 is 2.68 bits per heavy atom. The van der Waals surface area contributed by atoms with E-state index in [0.29, 0.717) is 21.3 Å². The highest BCUT2D eigenvalue weighted by Gasteiger charge is 2.29. The Morgan fingerprint density at radius 2 is 2.12 bits per heavy atom. The first-order chi connectivity index (χ1) is 11.9. The Bertz CT molecular complexity index is 730. The molecule has 0 aromatic carbocycles. The first kappa shape index (κ1) is 19.8. The van der Waals surface area contributed by atoms with E-state index in [2.05, 4.69) is 10.7 Å². The van der Waals surface area contributed by atoms with E-state index in [-0.39, 0.29) is 23.3 Å². The summed E-state index contributed by atoms with van der Waals surface area (Å²) in [5.74, 6) is -1.08. The second-order valence-corrected chi connectivity index (χ2v) is 7.85. The van der Waals surface area contributed by atoms with Crippen molar-refractivity contribution in [2.75, 3.05) is 17.7 Å². The molecule has 1 aliphatic heterocycles. The van der Waals surface area contributed by atoms with Crippen LogP contribution >= 0.6 is 47.5 Å². The third kappa shape index (κ3) is 4.75. The molecule has 0 saturated carbocycles. The summed E-state index contributed by atoms with van der Waals surface area (Å²) in [7, 11) is 0. The number of hydrazine groups is 1. The number of rotatable bonds is 5. The Labute approximate surface area is 163 Å². The molecule has 11 heteroatoms. The van der Waals surface area contributed by atoms with Gasteiger partial charge in [-0.05, 0) is 19.4 Å². The summed E-state index contributed by atoms with van der Waals surface area (Å²) in [5.41, 5.74) is 2.96. The number of hydrogen-bond donors (Lipinski definition) is 2. The molecular weight excluding hydrogens is 402 g/mol. The second-order valence-electron chi connectivity index (χ2n) is 4.70. The van der Waals surface area contributed by atoms with E-state index in [1.807, 2.05) is 6.92 Å². The number of nitrogens with one attached hydrogen (secondary N) is 2. The van der Waals surface area contributed by atoms with Gasteiger partial charge in [0.1, 0.15) is 0 Å². The van der Waals surface area contributed by atoms with Crippen molar-refractivity contribution < 1.29 is 19.1 Å². The zero-order valence-electron chi connectivity index (χ0n) is 13.4. The van der Waals surface area contributed by atoms with Gasteiger partial charge in [-0.15, -0.1) is 11.3 Å². The van der Waals surface area contributed by atoms with Gasteiger partial charge in [0, 0.05) is 4.88 Å². The average Bonchev–Trinajstić information content (AvgIpc) is 3.12. The predicted octanol–water partition coefficient (Wildman–Crippen LogP) is 2.12. The van der Waals surface area contributed by atoms with Crippen molar-refractivity contribution in [2.45, 2.75) is 20.3 Å². The lowest BCUT2D eigenvalue weighted by molar-refractivity contribution is -0.125. The van der Waals surface area contributed by atoms with E-state index < -0.39 is 11.9 Å². The summed E-state index contributed by atoms with van der Waals surface area (Å²) in [5, 5.41) is 4.17. The summed E-state index contributed by atoms with van der Waals surface area (Å²) in [6, 6.07) is 1.56. The van der Waals surface area contributed by atoms with Crippen LogP contribution in [0.5, 0.6) is 0 Å². The fourth-order valence-corrected chi connectivity index (χ4v) is 4.02. The SMILES string of the molecule is CCOC(=O)c1cc(NC(=O)C(=S)NN2C(=O)CSC2=S)sc1CC. The fourth-order valence-electron chi connectivity index (χ4n) is 1.92. The molecule has 7 nitrogen and oxygen atoms in total. The van der Waals surface area contributed by atoms with Crippen molar-refractivity contribution in [1.82, 2.24) is 10.4 Å². The molecule has 0 bridgehead atoms.